The largest absolute Gasteiger partial charge is 0.343 e. The van der Waals surface area contributed by atoms with Gasteiger partial charge in [-0.05, 0) is 76.3 Å². The van der Waals surface area contributed by atoms with Crippen molar-refractivity contribution in [1.29, 1.82) is 0 Å². The highest BCUT2D eigenvalue weighted by molar-refractivity contribution is 9.10. The molecule has 0 unspecified atom stereocenters. The average molecular weight is 430 g/mol. The van der Waals surface area contributed by atoms with Crippen LogP contribution in [-0.2, 0) is 0 Å². The molecule has 0 amide bonds. The van der Waals surface area contributed by atoms with Crippen LogP contribution in [0, 0.1) is 6.92 Å². The van der Waals surface area contributed by atoms with E-state index in [1.807, 2.05) is 17.4 Å². The number of hydrogen-bond acceptors (Lipinski definition) is 2. The zero-order valence-corrected chi connectivity index (χ0v) is 19.2. The van der Waals surface area contributed by atoms with Crippen molar-refractivity contribution in [3.05, 3.63) is 74.3 Å². The molecule has 1 nitrogen and oxygen atoms in total. The lowest BCUT2D eigenvalue weighted by Gasteiger charge is -2.27. The molecule has 0 aliphatic rings. The van der Waals surface area contributed by atoms with Gasteiger partial charge in [-0.15, -0.1) is 11.3 Å². The molecule has 0 saturated heterocycles. The van der Waals surface area contributed by atoms with E-state index in [2.05, 4.69) is 100 Å². The summed E-state index contributed by atoms with van der Waals surface area (Å²) in [6.07, 6.45) is 4.17. The van der Waals surface area contributed by atoms with E-state index in [4.69, 9.17) is 0 Å². The van der Waals surface area contributed by atoms with Crippen LogP contribution in [0.4, 0.5) is 0 Å². The minimum Gasteiger partial charge on any atom is -0.343 e. The number of rotatable bonds is 5. The normalized spacial score (nSPS) is 11.8. The number of allylic oxidation sites excluding steroid dienone is 5. The molecule has 0 atom stereocenters. The molecule has 2 aromatic rings. The maximum atomic E-state index is 4.07. The molecule has 1 heterocycles. The second kappa shape index (κ2) is 8.41. The second-order valence-corrected chi connectivity index (χ2v) is 9.07. The summed E-state index contributed by atoms with van der Waals surface area (Å²) < 4.78 is 2.43. The summed E-state index contributed by atoms with van der Waals surface area (Å²) in [5.74, 6) is 0. The first kappa shape index (κ1) is 20.7. The van der Waals surface area contributed by atoms with Crippen molar-refractivity contribution >= 4 is 43.0 Å². The number of likely N-dealkylation sites (N-methyl/N-ethyl adjacent to an activating group) is 1. The minimum atomic E-state index is 1.12. The molecule has 0 fully saturated rings. The van der Waals surface area contributed by atoms with Crippen molar-refractivity contribution in [1.82, 2.24) is 4.90 Å². The average Bonchev–Trinajstić information content (AvgIpc) is 2.83. The first-order valence-electron chi connectivity index (χ1n) is 8.75. The maximum Gasteiger partial charge on any atom is 0.0572 e. The SMILES string of the molecule is C=C/C(=C(/C)C=C(C)C)N(C)C(=C(C)C)c1sc2cc(Br)ccc2c1C. The van der Waals surface area contributed by atoms with Gasteiger partial charge in [-0.1, -0.05) is 45.8 Å². The lowest BCUT2D eigenvalue weighted by atomic mass is 10.1. The van der Waals surface area contributed by atoms with Crippen molar-refractivity contribution in [2.24, 2.45) is 0 Å². The molecule has 138 valence electrons. The van der Waals surface area contributed by atoms with Gasteiger partial charge in [0.15, 0.2) is 0 Å². The number of hydrogen-bond donors (Lipinski definition) is 0. The summed E-state index contributed by atoms with van der Waals surface area (Å²) in [5.41, 5.74) is 7.55. The Hall–Kier alpha value is -1.58. The minimum absolute atomic E-state index is 1.12. The third-order valence-electron chi connectivity index (χ3n) is 4.39. The fraction of sp³-hybridized carbons (Fsp3) is 0.304. The Morgan fingerprint density at radius 3 is 2.35 bits per heavy atom. The number of fused-ring (bicyclic) bond motifs is 1. The number of halogens is 1. The Balaban J connectivity index is 2.68. The standard InChI is InChI=1S/C23H28BrNS/c1-9-20(16(6)12-14(2)3)25(8)22(15(4)5)23-17(7)19-11-10-18(24)13-21(19)26-23/h9-13H,1H2,2-8H3/b20-16+. The Morgan fingerprint density at radius 2 is 1.81 bits per heavy atom. The molecule has 0 bridgehead atoms. The molecular weight excluding hydrogens is 402 g/mol. The van der Waals surface area contributed by atoms with Gasteiger partial charge < -0.3 is 4.90 Å². The summed E-state index contributed by atoms with van der Waals surface area (Å²) >= 11 is 5.45. The molecule has 1 aromatic heterocycles. The van der Waals surface area contributed by atoms with Crippen molar-refractivity contribution in [3.8, 4) is 0 Å². The van der Waals surface area contributed by atoms with E-state index in [1.165, 1.54) is 42.9 Å². The van der Waals surface area contributed by atoms with Crippen molar-refractivity contribution in [2.45, 2.75) is 41.5 Å². The fourth-order valence-electron chi connectivity index (χ4n) is 3.33. The zero-order chi connectivity index (χ0) is 19.6. The highest BCUT2D eigenvalue weighted by atomic mass is 79.9. The predicted octanol–water partition coefficient (Wildman–Crippen LogP) is 8.08. The third-order valence-corrected chi connectivity index (χ3v) is 6.14. The van der Waals surface area contributed by atoms with Crippen molar-refractivity contribution < 1.29 is 0 Å². The van der Waals surface area contributed by atoms with Gasteiger partial charge in [-0.3, -0.25) is 0 Å². The Kier molecular flexibility index (Phi) is 6.70. The molecular formula is C23H28BrNS. The summed E-state index contributed by atoms with van der Waals surface area (Å²) in [6.45, 7) is 17.1. The van der Waals surface area contributed by atoms with Crippen molar-refractivity contribution in [3.63, 3.8) is 0 Å². The Bertz CT molecular complexity index is 933. The molecule has 2 rings (SSSR count). The van der Waals surface area contributed by atoms with Gasteiger partial charge in [0.05, 0.1) is 10.6 Å². The van der Waals surface area contributed by atoms with Crippen LogP contribution in [0.15, 0.2) is 63.8 Å². The van der Waals surface area contributed by atoms with E-state index in [9.17, 15) is 0 Å². The number of nitrogens with zero attached hydrogens (tertiary/aromatic N) is 1. The van der Waals surface area contributed by atoms with Gasteiger partial charge in [-0.25, -0.2) is 0 Å². The number of aryl methyl sites for hydroxylation is 1. The van der Waals surface area contributed by atoms with Crippen LogP contribution in [0.25, 0.3) is 15.8 Å². The van der Waals surface area contributed by atoms with Crippen LogP contribution >= 0.6 is 27.3 Å². The highest BCUT2D eigenvalue weighted by Crippen LogP contribution is 2.40. The van der Waals surface area contributed by atoms with Gasteiger partial charge >= 0.3 is 0 Å². The van der Waals surface area contributed by atoms with Gasteiger partial charge in [0, 0.05) is 21.9 Å². The first-order valence-corrected chi connectivity index (χ1v) is 10.4. The third kappa shape index (κ3) is 4.21. The van der Waals surface area contributed by atoms with Gasteiger partial charge in [0.25, 0.3) is 0 Å². The van der Waals surface area contributed by atoms with Gasteiger partial charge in [-0.2, -0.15) is 0 Å². The van der Waals surface area contributed by atoms with Crippen LogP contribution in [-0.4, -0.2) is 11.9 Å². The number of thiophene rings is 1. The molecule has 0 radical (unpaired) electrons. The first-order chi connectivity index (χ1) is 12.2. The molecule has 1 aromatic carbocycles. The molecule has 0 spiro atoms. The quantitative estimate of drug-likeness (QED) is 0.433. The van der Waals surface area contributed by atoms with E-state index in [0.717, 1.165) is 10.2 Å². The topological polar surface area (TPSA) is 3.24 Å². The lowest BCUT2D eigenvalue weighted by molar-refractivity contribution is 0.607. The molecule has 26 heavy (non-hydrogen) atoms. The maximum absolute atomic E-state index is 4.07. The van der Waals surface area contributed by atoms with E-state index in [0.29, 0.717) is 0 Å². The summed E-state index contributed by atoms with van der Waals surface area (Å²) in [4.78, 5) is 3.61. The molecule has 0 aliphatic carbocycles. The van der Waals surface area contributed by atoms with Gasteiger partial charge in [0.1, 0.15) is 0 Å². The van der Waals surface area contributed by atoms with Crippen LogP contribution in [0.5, 0.6) is 0 Å². The van der Waals surface area contributed by atoms with Crippen LogP contribution in [0.1, 0.15) is 45.1 Å². The fourth-order valence-corrected chi connectivity index (χ4v) is 5.28. The van der Waals surface area contributed by atoms with E-state index in [-0.39, 0.29) is 0 Å². The predicted molar refractivity (Wildman–Crippen MR) is 123 cm³/mol. The van der Waals surface area contributed by atoms with Crippen LogP contribution in [0.3, 0.4) is 0 Å². The van der Waals surface area contributed by atoms with Crippen LogP contribution in [0.2, 0.25) is 0 Å². The Morgan fingerprint density at radius 1 is 1.15 bits per heavy atom. The monoisotopic (exact) mass is 429 g/mol. The smallest absolute Gasteiger partial charge is 0.0572 e. The molecule has 0 N–H and O–H groups in total. The molecule has 0 saturated carbocycles. The Labute approximate surface area is 170 Å². The van der Waals surface area contributed by atoms with Gasteiger partial charge in [0.2, 0.25) is 0 Å². The summed E-state index contributed by atoms with van der Waals surface area (Å²) in [5, 5.41) is 1.32. The number of benzene rings is 1. The second-order valence-electron chi connectivity index (χ2n) is 7.10. The van der Waals surface area contributed by atoms with Crippen LogP contribution < -0.4 is 0 Å². The van der Waals surface area contributed by atoms with Crippen molar-refractivity contribution in [2.75, 3.05) is 7.05 Å². The zero-order valence-electron chi connectivity index (χ0n) is 16.8. The lowest BCUT2D eigenvalue weighted by Crippen LogP contribution is -2.17. The highest BCUT2D eigenvalue weighted by Gasteiger charge is 2.19. The van der Waals surface area contributed by atoms with E-state index in [1.54, 1.807) is 0 Å². The summed E-state index contributed by atoms with van der Waals surface area (Å²) in [6, 6.07) is 6.53. The molecule has 0 aliphatic heterocycles. The van der Waals surface area contributed by atoms with E-state index < -0.39 is 0 Å². The molecule has 3 heteroatoms. The van der Waals surface area contributed by atoms with E-state index >= 15 is 0 Å². The summed E-state index contributed by atoms with van der Waals surface area (Å²) in [7, 11) is 2.14.